The Labute approximate surface area is 109 Å². The molecule has 1 N–H and O–H groups in total. The molecule has 1 atom stereocenters. The second-order valence-electron chi connectivity index (χ2n) is 4.46. The van der Waals surface area contributed by atoms with Gasteiger partial charge in [-0.15, -0.1) is 0 Å². The maximum absolute atomic E-state index is 13.9. The number of aliphatic hydroxyl groups is 1. The molecule has 19 heavy (non-hydrogen) atoms. The molecule has 1 unspecified atom stereocenters. The quantitative estimate of drug-likeness (QED) is 0.876. The van der Waals surface area contributed by atoms with Gasteiger partial charge in [0.1, 0.15) is 17.2 Å². The van der Waals surface area contributed by atoms with Crippen molar-refractivity contribution in [2.24, 2.45) is 0 Å². The number of nitrogens with zero attached hydrogens (tertiary/aromatic N) is 1. The van der Waals surface area contributed by atoms with Gasteiger partial charge in [-0.2, -0.15) is 0 Å². The van der Waals surface area contributed by atoms with Crippen LogP contribution in [0.3, 0.4) is 0 Å². The number of halogens is 2. The van der Waals surface area contributed by atoms with Gasteiger partial charge in [-0.25, -0.2) is 8.78 Å². The number of carbonyl (C=O) groups is 1. The minimum Gasteiger partial charge on any atom is -0.394 e. The first kappa shape index (κ1) is 13.9. The van der Waals surface area contributed by atoms with Crippen LogP contribution < -0.4 is 0 Å². The van der Waals surface area contributed by atoms with Gasteiger partial charge in [0.25, 0.3) is 5.91 Å². The van der Waals surface area contributed by atoms with E-state index in [0.717, 1.165) is 6.07 Å². The Bertz CT molecular complexity index is 493. The number of aliphatic hydroxyl groups excluding tert-OH is 1. The Balaban J connectivity index is 2.36. The molecule has 0 bridgehead atoms. The molecule has 4 nitrogen and oxygen atoms in total. The Morgan fingerprint density at radius 2 is 2.26 bits per heavy atom. The van der Waals surface area contributed by atoms with Crippen LogP contribution in [0.2, 0.25) is 0 Å². The number of amides is 1. The van der Waals surface area contributed by atoms with Crippen LogP contribution in [0, 0.1) is 18.6 Å². The van der Waals surface area contributed by atoms with Gasteiger partial charge in [0, 0.05) is 6.54 Å². The second-order valence-corrected chi connectivity index (χ2v) is 4.46. The largest absolute Gasteiger partial charge is 0.394 e. The molecule has 1 aliphatic rings. The van der Waals surface area contributed by atoms with Crippen LogP contribution in [-0.2, 0) is 4.74 Å². The summed E-state index contributed by atoms with van der Waals surface area (Å²) >= 11 is 0. The first-order valence-corrected chi connectivity index (χ1v) is 6.00. The molecule has 104 valence electrons. The zero-order chi connectivity index (χ0) is 14.0. The SMILES string of the molecule is Cc1ccc(F)c(C(=O)N2CCOCC2CO)c1F. The highest BCUT2D eigenvalue weighted by Crippen LogP contribution is 2.20. The van der Waals surface area contributed by atoms with E-state index in [0.29, 0.717) is 0 Å². The van der Waals surface area contributed by atoms with Gasteiger partial charge in [0.15, 0.2) is 0 Å². The van der Waals surface area contributed by atoms with Crippen LogP contribution in [0.25, 0.3) is 0 Å². The highest BCUT2D eigenvalue weighted by molar-refractivity contribution is 5.95. The lowest BCUT2D eigenvalue weighted by Crippen LogP contribution is -2.50. The molecule has 1 aliphatic heterocycles. The number of morpholine rings is 1. The average Bonchev–Trinajstić information content (AvgIpc) is 2.43. The number of hydrogen-bond donors (Lipinski definition) is 1. The van der Waals surface area contributed by atoms with E-state index in [1.54, 1.807) is 0 Å². The third kappa shape index (κ3) is 2.59. The first-order valence-electron chi connectivity index (χ1n) is 6.00. The van der Waals surface area contributed by atoms with E-state index in [1.807, 2.05) is 0 Å². The van der Waals surface area contributed by atoms with Crippen LogP contribution >= 0.6 is 0 Å². The maximum Gasteiger partial charge on any atom is 0.260 e. The van der Waals surface area contributed by atoms with Gasteiger partial charge >= 0.3 is 0 Å². The third-order valence-corrected chi connectivity index (χ3v) is 3.20. The molecular formula is C13H15F2NO3. The predicted molar refractivity (Wildman–Crippen MR) is 63.8 cm³/mol. The minimum atomic E-state index is -0.892. The third-order valence-electron chi connectivity index (χ3n) is 3.20. The Hall–Kier alpha value is -1.53. The average molecular weight is 271 g/mol. The van der Waals surface area contributed by atoms with Crippen LogP contribution in [0.5, 0.6) is 0 Å². The summed E-state index contributed by atoms with van der Waals surface area (Å²) in [6.07, 6.45) is 0. The molecule has 1 aromatic rings. The van der Waals surface area contributed by atoms with Gasteiger partial charge in [-0.3, -0.25) is 4.79 Å². The molecule has 1 fully saturated rings. The highest BCUT2D eigenvalue weighted by Gasteiger charge is 2.31. The van der Waals surface area contributed by atoms with Crippen molar-refractivity contribution in [1.82, 2.24) is 4.90 Å². The van der Waals surface area contributed by atoms with Gasteiger partial charge < -0.3 is 14.7 Å². The smallest absolute Gasteiger partial charge is 0.260 e. The lowest BCUT2D eigenvalue weighted by atomic mass is 10.1. The van der Waals surface area contributed by atoms with E-state index in [2.05, 4.69) is 0 Å². The van der Waals surface area contributed by atoms with Crippen molar-refractivity contribution in [3.63, 3.8) is 0 Å². The van der Waals surface area contributed by atoms with Gasteiger partial charge in [-0.1, -0.05) is 6.07 Å². The summed E-state index contributed by atoms with van der Waals surface area (Å²) in [5.41, 5.74) is -0.362. The van der Waals surface area contributed by atoms with E-state index in [1.165, 1.54) is 17.9 Å². The minimum absolute atomic E-state index is 0.164. The molecule has 0 saturated carbocycles. The van der Waals surface area contributed by atoms with Crippen LogP contribution in [-0.4, -0.2) is 48.3 Å². The van der Waals surface area contributed by atoms with E-state index in [9.17, 15) is 18.7 Å². The predicted octanol–water partition coefficient (Wildman–Crippen LogP) is 1.11. The van der Waals surface area contributed by atoms with E-state index in [-0.39, 0.29) is 31.9 Å². The molecule has 2 rings (SSSR count). The number of carbonyl (C=O) groups excluding carboxylic acids is 1. The van der Waals surface area contributed by atoms with Gasteiger partial charge in [-0.05, 0) is 18.6 Å². The Morgan fingerprint density at radius 1 is 1.53 bits per heavy atom. The lowest BCUT2D eigenvalue weighted by Gasteiger charge is -2.34. The standard InChI is InChI=1S/C13H15F2NO3/c1-8-2-3-10(14)11(12(8)15)13(18)16-4-5-19-7-9(16)6-17/h2-3,9,17H,4-7H2,1H3. The Kier molecular flexibility index (Phi) is 4.11. The fourth-order valence-electron chi connectivity index (χ4n) is 2.07. The fourth-order valence-corrected chi connectivity index (χ4v) is 2.07. The maximum atomic E-state index is 13.9. The van der Waals surface area contributed by atoms with Crippen molar-refractivity contribution in [3.05, 3.63) is 34.9 Å². The molecule has 1 saturated heterocycles. The summed E-state index contributed by atoms with van der Waals surface area (Å²) in [7, 11) is 0. The van der Waals surface area contributed by atoms with Crippen molar-refractivity contribution in [1.29, 1.82) is 0 Å². The molecule has 0 aliphatic carbocycles. The van der Waals surface area contributed by atoms with Crippen molar-refractivity contribution >= 4 is 5.91 Å². The summed E-state index contributed by atoms with van der Waals surface area (Å²) in [6, 6.07) is 1.78. The van der Waals surface area contributed by atoms with Crippen molar-refractivity contribution in [2.75, 3.05) is 26.4 Å². The molecule has 6 heteroatoms. The highest BCUT2D eigenvalue weighted by atomic mass is 19.1. The van der Waals surface area contributed by atoms with Crippen molar-refractivity contribution in [2.45, 2.75) is 13.0 Å². The van der Waals surface area contributed by atoms with Crippen molar-refractivity contribution < 1.29 is 23.4 Å². The van der Waals surface area contributed by atoms with Gasteiger partial charge in [0.2, 0.25) is 0 Å². The molecule has 1 amide bonds. The summed E-state index contributed by atoms with van der Waals surface area (Å²) < 4.78 is 32.7. The number of hydrogen-bond acceptors (Lipinski definition) is 3. The Morgan fingerprint density at radius 3 is 2.95 bits per heavy atom. The summed E-state index contributed by atoms with van der Waals surface area (Å²) in [5, 5.41) is 9.19. The zero-order valence-corrected chi connectivity index (χ0v) is 10.5. The van der Waals surface area contributed by atoms with Crippen LogP contribution in [0.15, 0.2) is 12.1 Å². The first-order chi connectivity index (χ1) is 9.06. The molecule has 0 spiro atoms. The second kappa shape index (κ2) is 5.63. The number of rotatable bonds is 2. The van der Waals surface area contributed by atoms with Crippen LogP contribution in [0.1, 0.15) is 15.9 Å². The van der Waals surface area contributed by atoms with E-state index >= 15 is 0 Å². The number of benzene rings is 1. The van der Waals surface area contributed by atoms with Crippen molar-refractivity contribution in [3.8, 4) is 0 Å². The fraction of sp³-hybridized carbons (Fsp3) is 0.462. The lowest BCUT2D eigenvalue weighted by molar-refractivity contribution is -0.0188. The topological polar surface area (TPSA) is 49.8 Å². The summed E-state index contributed by atoms with van der Waals surface area (Å²) in [4.78, 5) is 13.5. The normalized spacial score (nSPS) is 19.6. The molecular weight excluding hydrogens is 256 g/mol. The van der Waals surface area contributed by atoms with Crippen LogP contribution in [0.4, 0.5) is 8.78 Å². The summed E-state index contributed by atoms with van der Waals surface area (Å²) in [5.74, 6) is -2.49. The van der Waals surface area contributed by atoms with Gasteiger partial charge in [0.05, 0.1) is 25.9 Å². The number of ether oxygens (including phenoxy) is 1. The molecule has 1 heterocycles. The molecule has 0 aromatic heterocycles. The monoisotopic (exact) mass is 271 g/mol. The summed E-state index contributed by atoms with van der Waals surface area (Å²) in [6.45, 7) is 1.82. The number of aryl methyl sites for hydroxylation is 1. The molecule has 0 radical (unpaired) electrons. The van der Waals surface area contributed by atoms with E-state index < -0.39 is 29.1 Å². The molecule has 1 aromatic carbocycles. The van der Waals surface area contributed by atoms with E-state index in [4.69, 9.17) is 4.74 Å². The zero-order valence-electron chi connectivity index (χ0n) is 10.5.